The summed E-state index contributed by atoms with van der Waals surface area (Å²) >= 11 is 1.80. The van der Waals surface area contributed by atoms with E-state index in [4.69, 9.17) is 0 Å². The summed E-state index contributed by atoms with van der Waals surface area (Å²) in [5, 5.41) is 12.7. The highest BCUT2D eigenvalue weighted by Crippen LogP contribution is 2.17. The number of aliphatic hydroxyl groups excluding tert-OH is 1. The minimum Gasteiger partial charge on any atom is -0.378 e. The third kappa shape index (κ3) is 4.58. The number of thioether (sulfide) groups is 1. The summed E-state index contributed by atoms with van der Waals surface area (Å²) in [5.74, 6) is 1.90. The monoisotopic (exact) mass is 302 g/mol. The Morgan fingerprint density at radius 2 is 2.10 bits per heavy atom. The molecule has 1 aromatic heterocycles. The van der Waals surface area contributed by atoms with Crippen molar-refractivity contribution in [3.8, 4) is 0 Å². The number of nitrogens with one attached hydrogen (secondary N) is 1. The average Bonchev–Trinajstić information content (AvgIpc) is 2.53. The second kappa shape index (κ2) is 7.81. The molecule has 0 aliphatic rings. The van der Waals surface area contributed by atoms with Crippen molar-refractivity contribution in [3.05, 3.63) is 59.8 Å². The molecule has 0 bridgehead atoms. The van der Waals surface area contributed by atoms with Crippen LogP contribution < -0.4 is 5.32 Å². The Bertz CT molecular complexity index is 590. The predicted octanol–water partition coefficient (Wildman–Crippen LogP) is 3.01. The molecule has 1 aromatic carbocycles. The molecule has 5 heteroatoms. The SMILES string of the molecule is CCSCc1ccnc(NC(=O)[C@H](O)c2ccccc2)c1. The van der Waals surface area contributed by atoms with Gasteiger partial charge in [-0.2, -0.15) is 11.8 Å². The summed E-state index contributed by atoms with van der Waals surface area (Å²) in [6.07, 6.45) is 0.470. The molecule has 0 saturated heterocycles. The number of nitrogens with zero attached hydrogens (tertiary/aromatic N) is 1. The van der Waals surface area contributed by atoms with E-state index < -0.39 is 12.0 Å². The van der Waals surface area contributed by atoms with E-state index in [0.29, 0.717) is 11.4 Å². The summed E-state index contributed by atoms with van der Waals surface area (Å²) in [6, 6.07) is 12.6. The molecule has 0 unspecified atom stereocenters. The van der Waals surface area contributed by atoms with Gasteiger partial charge in [0.1, 0.15) is 5.82 Å². The van der Waals surface area contributed by atoms with Gasteiger partial charge in [0.25, 0.3) is 5.91 Å². The fraction of sp³-hybridized carbons (Fsp3) is 0.250. The lowest BCUT2D eigenvalue weighted by Gasteiger charge is -2.11. The second-order valence-corrected chi connectivity index (χ2v) is 5.76. The maximum atomic E-state index is 12.0. The number of pyridine rings is 1. The van der Waals surface area contributed by atoms with Crippen LogP contribution in [0.1, 0.15) is 24.2 Å². The van der Waals surface area contributed by atoms with Crippen LogP contribution in [0.25, 0.3) is 0 Å². The van der Waals surface area contributed by atoms with E-state index in [1.54, 1.807) is 42.2 Å². The van der Waals surface area contributed by atoms with Gasteiger partial charge >= 0.3 is 0 Å². The number of hydrogen-bond acceptors (Lipinski definition) is 4. The molecule has 2 aromatic rings. The minimum absolute atomic E-state index is 0.462. The maximum absolute atomic E-state index is 12.0. The third-order valence-electron chi connectivity index (χ3n) is 2.91. The number of aliphatic hydroxyl groups is 1. The maximum Gasteiger partial charge on any atom is 0.258 e. The first-order chi connectivity index (χ1) is 10.2. The molecule has 1 amide bonds. The summed E-state index contributed by atoms with van der Waals surface area (Å²) < 4.78 is 0. The molecule has 0 aliphatic heterocycles. The lowest BCUT2D eigenvalue weighted by atomic mass is 10.1. The summed E-state index contributed by atoms with van der Waals surface area (Å²) in [7, 11) is 0. The van der Waals surface area contributed by atoms with E-state index >= 15 is 0 Å². The molecular weight excluding hydrogens is 284 g/mol. The smallest absolute Gasteiger partial charge is 0.258 e. The third-order valence-corrected chi connectivity index (χ3v) is 3.86. The Balaban J connectivity index is 2.02. The fourth-order valence-electron chi connectivity index (χ4n) is 1.83. The van der Waals surface area contributed by atoms with Crippen LogP contribution in [0.5, 0.6) is 0 Å². The Morgan fingerprint density at radius 1 is 1.33 bits per heavy atom. The molecule has 0 spiro atoms. The topological polar surface area (TPSA) is 62.2 Å². The molecule has 0 saturated carbocycles. The number of rotatable bonds is 6. The van der Waals surface area contributed by atoms with Gasteiger partial charge in [-0.15, -0.1) is 0 Å². The number of anilines is 1. The lowest BCUT2D eigenvalue weighted by molar-refractivity contribution is -0.124. The van der Waals surface area contributed by atoms with Crippen molar-refractivity contribution >= 4 is 23.5 Å². The van der Waals surface area contributed by atoms with E-state index in [2.05, 4.69) is 17.2 Å². The van der Waals surface area contributed by atoms with E-state index in [0.717, 1.165) is 17.1 Å². The molecule has 1 atom stereocenters. The molecule has 0 fully saturated rings. The first-order valence-electron chi connectivity index (χ1n) is 6.77. The van der Waals surface area contributed by atoms with Gasteiger partial charge in [-0.05, 0) is 29.0 Å². The number of aromatic nitrogens is 1. The van der Waals surface area contributed by atoms with Gasteiger partial charge < -0.3 is 10.4 Å². The zero-order valence-corrected chi connectivity index (χ0v) is 12.6. The second-order valence-electron chi connectivity index (χ2n) is 4.49. The Kier molecular flexibility index (Phi) is 5.78. The van der Waals surface area contributed by atoms with Crippen molar-refractivity contribution in [1.82, 2.24) is 4.98 Å². The molecule has 2 rings (SSSR count). The van der Waals surface area contributed by atoms with Gasteiger partial charge in [-0.1, -0.05) is 37.3 Å². The molecule has 21 heavy (non-hydrogen) atoms. The number of amides is 1. The lowest BCUT2D eigenvalue weighted by Crippen LogP contribution is -2.21. The minimum atomic E-state index is -1.19. The van der Waals surface area contributed by atoms with Crippen molar-refractivity contribution in [3.63, 3.8) is 0 Å². The molecule has 0 aliphatic carbocycles. The highest BCUT2D eigenvalue weighted by atomic mass is 32.2. The standard InChI is InChI=1S/C16H18N2O2S/c1-2-21-11-12-8-9-17-14(10-12)18-16(20)15(19)13-6-4-3-5-7-13/h3-10,15,19H,2,11H2,1H3,(H,17,18,20)/t15-/m1/s1. The van der Waals surface area contributed by atoms with Gasteiger partial charge in [-0.25, -0.2) is 4.98 Å². The van der Waals surface area contributed by atoms with Gasteiger partial charge in [-0.3, -0.25) is 4.79 Å². The van der Waals surface area contributed by atoms with Crippen LogP contribution >= 0.6 is 11.8 Å². The van der Waals surface area contributed by atoms with Gasteiger partial charge in [0.05, 0.1) is 0 Å². The number of carbonyl (C=O) groups excluding carboxylic acids is 1. The Labute approximate surface area is 128 Å². The molecular formula is C16H18N2O2S. The van der Waals surface area contributed by atoms with Crippen LogP contribution in [0.3, 0.4) is 0 Å². The van der Waals surface area contributed by atoms with Crippen molar-refractivity contribution in [2.24, 2.45) is 0 Å². The zero-order valence-electron chi connectivity index (χ0n) is 11.8. The van der Waals surface area contributed by atoms with Crippen molar-refractivity contribution < 1.29 is 9.90 Å². The average molecular weight is 302 g/mol. The normalized spacial score (nSPS) is 11.9. The van der Waals surface area contributed by atoms with Crippen LogP contribution in [-0.2, 0) is 10.5 Å². The van der Waals surface area contributed by atoms with E-state index in [-0.39, 0.29) is 0 Å². The first kappa shape index (κ1) is 15.5. The van der Waals surface area contributed by atoms with Crippen LogP contribution in [0.2, 0.25) is 0 Å². The van der Waals surface area contributed by atoms with Gasteiger partial charge in [0, 0.05) is 11.9 Å². The fourth-order valence-corrected chi connectivity index (χ4v) is 2.45. The van der Waals surface area contributed by atoms with Crippen LogP contribution in [0.4, 0.5) is 5.82 Å². The van der Waals surface area contributed by atoms with E-state index in [1.807, 2.05) is 18.2 Å². The summed E-state index contributed by atoms with van der Waals surface area (Å²) in [4.78, 5) is 16.1. The largest absolute Gasteiger partial charge is 0.378 e. The number of hydrogen-bond donors (Lipinski definition) is 2. The van der Waals surface area contributed by atoms with Crippen LogP contribution in [-0.4, -0.2) is 21.8 Å². The quantitative estimate of drug-likeness (QED) is 0.861. The predicted molar refractivity (Wildman–Crippen MR) is 86.1 cm³/mol. The molecule has 0 radical (unpaired) electrons. The van der Waals surface area contributed by atoms with E-state index in [9.17, 15) is 9.90 Å². The highest BCUT2D eigenvalue weighted by molar-refractivity contribution is 7.98. The molecule has 4 nitrogen and oxygen atoms in total. The van der Waals surface area contributed by atoms with Crippen LogP contribution in [0.15, 0.2) is 48.7 Å². The summed E-state index contributed by atoms with van der Waals surface area (Å²) in [5.41, 5.74) is 1.66. The van der Waals surface area contributed by atoms with Crippen molar-refractivity contribution in [1.29, 1.82) is 0 Å². The number of benzene rings is 1. The van der Waals surface area contributed by atoms with Crippen molar-refractivity contribution in [2.45, 2.75) is 18.8 Å². The number of carbonyl (C=O) groups is 1. The van der Waals surface area contributed by atoms with Gasteiger partial charge in [0.15, 0.2) is 6.10 Å². The van der Waals surface area contributed by atoms with Gasteiger partial charge in [0.2, 0.25) is 0 Å². The summed E-state index contributed by atoms with van der Waals surface area (Å²) in [6.45, 7) is 2.10. The zero-order chi connectivity index (χ0) is 15.1. The van der Waals surface area contributed by atoms with E-state index in [1.165, 1.54) is 0 Å². The Morgan fingerprint density at radius 3 is 2.81 bits per heavy atom. The van der Waals surface area contributed by atoms with Crippen molar-refractivity contribution in [2.75, 3.05) is 11.1 Å². The molecule has 2 N–H and O–H groups in total. The molecule has 110 valence electrons. The van der Waals surface area contributed by atoms with Crippen LogP contribution in [0, 0.1) is 0 Å². The Hall–Kier alpha value is -1.85. The highest BCUT2D eigenvalue weighted by Gasteiger charge is 2.17. The first-order valence-corrected chi connectivity index (χ1v) is 7.92. The molecule has 1 heterocycles.